The maximum atomic E-state index is 13.8. The molecule has 0 aliphatic rings. The van der Waals surface area contributed by atoms with Crippen molar-refractivity contribution in [2.45, 2.75) is 23.9 Å². The second-order valence-corrected chi connectivity index (χ2v) is 12.6. The average Bonchev–Trinajstić information content (AvgIpc) is 3.47. The molecule has 0 fully saturated rings. The first-order valence-electron chi connectivity index (χ1n) is 14.7. The number of anilines is 2. The number of nitrogens with zero attached hydrogens (tertiary/aromatic N) is 2. The SMILES string of the molecule is O=C(N[C@@H](Cc1ccccc1)C(=O)O)c1ccc(Cn2ccc3cc(N(c4ccccc4)S(=O)(=O)c4ccccc4)ccc32)cc1. The van der Waals surface area contributed by atoms with Crippen LogP contribution < -0.4 is 9.62 Å². The Morgan fingerprint density at radius 2 is 1.35 bits per heavy atom. The van der Waals surface area contributed by atoms with E-state index in [1.54, 1.807) is 60.7 Å². The molecule has 1 heterocycles. The van der Waals surface area contributed by atoms with Gasteiger partial charge in [-0.25, -0.2) is 17.5 Å². The minimum atomic E-state index is -3.90. The van der Waals surface area contributed by atoms with Gasteiger partial charge < -0.3 is 15.0 Å². The first-order valence-corrected chi connectivity index (χ1v) is 16.1. The molecule has 5 aromatic carbocycles. The van der Waals surface area contributed by atoms with Crippen molar-refractivity contribution in [3.63, 3.8) is 0 Å². The Balaban J connectivity index is 1.21. The van der Waals surface area contributed by atoms with E-state index in [-0.39, 0.29) is 11.3 Å². The Morgan fingerprint density at radius 3 is 2.00 bits per heavy atom. The Labute approximate surface area is 267 Å². The summed E-state index contributed by atoms with van der Waals surface area (Å²) < 4.78 is 31.1. The van der Waals surface area contributed by atoms with Crippen LogP contribution in [0.4, 0.5) is 11.4 Å². The summed E-state index contributed by atoms with van der Waals surface area (Å²) in [4.78, 5) is 24.9. The molecule has 1 aromatic heterocycles. The molecule has 0 saturated carbocycles. The first-order chi connectivity index (χ1) is 22.3. The highest BCUT2D eigenvalue weighted by molar-refractivity contribution is 7.93. The van der Waals surface area contributed by atoms with E-state index in [0.29, 0.717) is 23.5 Å². The van der Waals surface area contributed by atoms with Crippen LogP contribution in [-0.4, -0.2) is 36.0 Å². The van der Waals surface area contributed by atoms with Gasteiger partial charge in [-0.15, -0.1) is 0 Å². The molecule has 0 spiro atoms. The van der Waals surface area contributed by atoms with Crippen LogP contribution in [0.25, 0.3) is 10.9 Å². The number of hydrogen-bond acceptors (Lipinski definition) is 4. The summed E-state index contributed by atoms with van der Waals surface area (Å²) >= 11 is 0. The number of rotatable bonds is 11. The highest BCUT2D eigenvalue weighted by Crippen LogP contribution is 2.34. The Bertz CT molecular complexity index is 2080. The van der Waals surface area contributed by atoms with Crippen LogP contribution in [-0.2, 0) is 27.8 Å². The number of benzene rings is 5. The van der Waals surface area contributed by atoms with E-state index < -0.39 is 27.9 Å². The highest BCUT2D eigenvalue weighted by Gasteiger charge is 2.27. The third-order valence-corrected chi connectivity index (χ3v) is 9.49. The lowest BCUT2D eigenvalue weighted by Gasteiger charge is -2.25. The molecule has 0 bridgehead atoms. The van der Waals surface area contributed by atoms with Gasteiger partial charge in [0.05, 0.1) is 16.3 Å². The van der Waals surface area contributed by atoms with Crippen molar-refractivity contribution in [2.24, 2.45) is 0 Å². The van der Waals surface area contributed by atoms with E-state index in [9.17, 15) is 23.1 Å². The number of carboxylic acids is 1. The number of aliphatic carboxylic acids is 1. The lowest BCUT2D eigenvalue weighted by molar-refractivity contribution is -0.139. The van der Waals surface area contributed by atoms with E-state index >= 15 is 0 Å². The molecule has 0 aliphatic carbocycles. The Kier molecular flexibility index (Phi) is 8.67. The maximum Gasteiger partial charge on any atom is 0.326 e. The van der Waals surface area contributed by atoms with Crippen molar-refractivity contribution in [1.82, 2.24) is 9.88 Å². The number of fused-ring (bicyclic) bond motifs is 1. The third-order valence-electron chi connectivity index (χ3n) is 7.72. The lowest BCUT2D eigenvalue weighted by atomic mass is 10.1. The van der Waals surface area contributed by atoms with Crippen LogP contribution in [0.1, 0.15) is 21.5 Å². The number of carbonyl (C=O) groups excluding carboxylic acids is 1. The van der Waals surface area contributed by atoms with Gasteiger partial charge in [0.1, 0.15) is 6.04 Å². The minimum absolute atomic E-state index is 0.184. The number of carboxylic acid groups (broad SMARTS) is 1. The molecule has 2 N–H and O–H groups in total. The van der Waals surface area contributed by atoms with E-state index in [1.165, 1.54) is 4.31 Å². The fourth-order valence-corrected chi connectivity index (χ4v) is 6.89. The quantitative estimate of drug-likeness (QED) is 0.167. The second-order valence-electron chi connectivity index (χ2n) is 10.9. The molecular weight excluding hydrogens is 598 g/mol. The van der Waals surface area contributed by atoms with E-state index in [1.807, 2.05) is 89.6 Å². The summed E-state index contributed by atoms with van der Waals surface area (Å²) in [5.74, 6) is -1.55. The molecule has 1 amide bonds. The molecule has 6 rings (SSSR count). The summed E-state index contributed by atoms with van der Waals surface area (Å²) in [5, 5.41) is 13.2. The average molecular weight is 630 g/mol. The number of para-hydroxylation sites is 1. The van der Waals surface area contributed by atoms with Gasteiger partial charge >= 0.3 is 5.97 Å². The summed E-state index contributed by atoms with van der Waals surface area (Å²) in [6.07, 6.45) is 2.12. The number of amides is 1. The number of carbonyl (C=O) groups is 2. The summed E-state index contributed by atoms with van der Waals surface area (Å²) in [6, 6.07) is 40.0. The molecular formula is C37H31N3O5S. The van der Waals surface area contributed by atoms with Crippen molar-refractivity contribution in [2.75, 3.05) is 4.31 Å². The van der Waals surface area contributed by atoms with Gasteiger partial charge in [0, 0.05) is 35.6 Å². The number of aromatic nitrogens is 1. The fourth-order valence-electron chi connectivity index (χ4n) is 5.39. The normalized spacial score (nSPS) is 12.0. The second kappa shape index (κ2) is 13.1. The van der Waals surface area contributed by atoms with E-state index in [0.717, 1.165) is 22.0 Å². The van der Waals surface area contributed by atoms with Crippen molar-refractivity contribution in [1.29, 1.82) is 0 Å². The van der Waals surface area contributed by atoms with Gasteiger partial charge in [-0.3, -0.25) is 4.79 Å². The Hall–Kier alpha value is -5.67. The topological polar surface area (TPSA) is 109 Å². The molecule has 0 unspecified atom stereocenters. The molecule has 0 aliphatic heterocycles. The largest absolute Gasteiger partial charge is 0.480 e. The summed E-state index contributed by atoms with van der Waals surface area (Å²) in [6.45, 7) is 0.515. The van der Waals surface area contributed by atoms with Gasteiger partial charge in [-0.2, -0.15) is 0 Å². The maximum absolute atomic E-state index is 13.8. The number of hydrogen-bond donors (Lipinski definition) is 2. The van der Waals surface area contributed by atoms with Crippen molar-refractivity contribution < 1.29 is 23.1 Å². The molecule has 1 atom stereocenters. The lowest BCUT2D eigenvalue weighted by Crippen LogP contribution is -2.42. The molecule has 8 nitrogen and oxygen atoms in total. The smallest absolute Gasteiger partial charge is 0.326 e. The van der Waals surface area contributed by atoms with Gasteiger partial charge in [-0.1, -0.05) is 78.9 Å². The number of sulfonamides is 1. The van der Waals surface area contributed by atoms with Crippen LogP contribution >= 0.6 is 0 Å². The van der Waals surface area contributed by atoms with Gasteiger partial charge in [0.15, 0.2) is 0 Å². The zero-order chi connectivity index (χ0) is 32.1. The van der Waals surface area contributed by atoms with E-state index in [4.69, 9.17) is 0 Å². The summed E-state index contributed by atoms with van der Waals surface area (Å²) in [5.41, 5.74) is 4.09. The molecule has 6 aromatic rings. The van der Waals surface area contributed by atoms with Crippen LogP contribution in [0.15, 0.2) is 151 Å². The monoisotopic (exact) mass is 629 g/mol. The predicted molar refractivity (Wildman–Crippen MR) is 179 cm³/mol. The molecule has 0 radical (unpaired) electrons. The number of nitrogens with one attached hydrogen (secondary N) is 1. The summed E-state index contributed by atoms with van der Waals surface area (Å²) in [7, 11) is -3.90. The van der Waals surface area contributed by atoms with Crippen molar-refractivity contribution in [3.8, 4) is 0 Å². The highest BCUT2D eigenvalue weighted by atomic mass is 32.2. The van der Waals surface area contributed by atoms with Crippen molar-refractivity contribution in [3.05, 3.63) is 162 Å². The van der Waals surface area contributed by atoms with Crippen molar-refractivity contribution >= 4 is 44.2 Å². The van der Waals surface area contributed by atoms with Gasteiger partial charge in [-0.05, 0) is 71.8 Å². The van der Waals surface area contributed by atoms with Gasteiger partial charge in [0.25, 0.3) is 15.9 Å². The van der Waals surface area contributed by atoms with Gasteiger partial charge in [0.2, 0.25) is 0 Å². The molecule has 9 heteroatoms. The zero-order valence-corrected chi connectivity index (χ0v) is 25.5. The van der Waals surface area contributed by atoms with Crippen LogP contribution in [0.5, 0.6) is 0 Å². The minimum Gasteiger partial charge on any atom is -0.480 e. The third kappa shape index (κ3) is 6.55. The molecule has 230 valence electrons. The Morgan fingerprint density at radius 1 is 0.717 bits per heavy atom. The van der Waals surface area contributed by atoms with E-state index in [2.05, 4.69) is 5.32 Å². The zero-order valence-electron chi connectivity index (χ0n) is 24.7. The predicted octanol–water partition coefficient (Wildman–Crippen LogP) is 6.64. The van der Waals surface area contributed by atoms with Crippen LogP contribution in [0.2, 0.25) is 0 Å². The standard InChI is InChI=1S/C37H31N3O5S/c41-36(38-34(37(42)43)24-27-10-4-1-5-11-27)29-18-16-28(17-19-29)26-39-23-22-30-25-32(20-21-35(30)39)40(31-12-6-2-7-13-31)46(44,45)33-14-8-3-9-15-33/h1-23,25,34H,24,26H2,(H,38,41)(H,42,43)/t34-/m0/s1. The molecule has 46 heavy (non-hydrogen) atoms. The first kappa shape index (κ1) is 30.4. The van der Waals surface area contributed by atoms with Crippen LogP contribution in [0.3, 0.4) is 0 Å². The van der Waals surface area contributed by atoms with Crippen LogP contribution in [0, 0.1) is 0 Å². The fraction of sp³-hybridized carbons (Fsp3) is 0.0811. The molecule has 0 saturated heterocycles.